The number of aromatic nitrogens is 4. The van der Waals surface area contributed by atoms with E-state index >= 15 is 0 Å². The molecule has 1 amide bonds. The molecule has 3 aromatic rings. The Balaban J connectivity index is 1.69. The van der Waals surface area contributed by atoms with E-state index in [1.54, 1.807) is 43.1 Å². The summed E-state index contributed by atoms with van der Waals surface area (Å²) < 4.78 is 41.8. The zero-order chi connectivity index (χ0) is 21.5. The molecular weight excluding hydrogens is 395 g/mol. The summed E-state index contributed by atoms with van der Waals surface area (Å²) in [5, 5.41) is 4.23. The number of halogens is 3. The molecule has 1 aliphatic heterocycles. The number of likely N-dealkylation sites (tertiary alicyclic amines) is 1. The highest BCUT2D eigenvalue weighted by Gasteiger charge is 2.37. The van der Waals surface area contributed by atoms with E-state index in [-0.39, 0.29) is 29.9 Å². The summed E-state index contributed by atoms with van der Waals surface area (Å²) in [7, 11) is 0. The van der Waals surface area contributed by atoms with E-state index in [2.05, 4.69) is 15.1 Å². The van der Waals surface area contributed by atoms with Crippen molar-refractivity contribution in [3.63, 3.8) is 0 Å². The summed E-state index contributed by atoms with van der Waals surface area (Å²) in [6, 6.07) is 7.62. The van der Waals surface area contributed by atoms with Crippen LogP contribution >= 0.6 is 0 Å². The lowest BCUT2D eigenvalue weighted by atomic mass is 10.1. The minimum absolute atomic E-state index is 0.111. The molecule has 0 N–H and O–H groups in total. The zero-order valence-corrected chi connectivity index (χ0v) is 16.7. The number of rotatable bonds is 4. The van der Waals surface area contributed by atoms with Crippen LogP contribution in [0.3, 0.4) is 0 Å². The Labute approximate surface area is 171 Å². The predicted molar refractivity (Wildman–Crippen MR) is 104 cm³/mol. The van der Waals surface area contributed by atoms with E-state index in [1.807, 2.05) is 6.07 Å². The van der Waals surface area contributed by atoms with E-state index in [0.29, 0.717) is 30.0 Å². The lowest BCUT2D eigenvalue weighted by Gasteiger charge is -2.23. The molecule has 1 unspecified atom stereocenters. The van der Waals surface area contributed by atoms with Gasteiger partial charge in [0.1, 0.15) is 5.69 Å². The van der Waals surface area contributed by atoms with Gasteiger partial charge in [-0.25, -0.2) is 9.50 Å². The third-order valence-electron chi connectivity index (χ3n) is 5.32. The van der Waals surface area contributed by atoms with Crippen LogP contribution in [0.1, 0.15) is 61.4 Å². The standard InChI is InChI=1S/C21H22F3N5O/c1-13(2)15-11-18(21(22,23)24)29-19(26-15)12-16(27-29)17-7-5-9-28(17)20(30)10-14-6-3-4-8-25-14/h3-4,6,8,11-13,17H,5,7,9-10H2,1-2H3. The molecule has 0 saturated carbocycles. The van der Waals surface area contributed by atoms with Gasteiger partial charge in [0.05, 0.1) is 18.2 Å². The molecular formula is C21H22F3N5O. The van der Waals surface area contributed by atoms with E-state index in [1.165, 1.54) is 0 Å². The van der Waals surface area contributed by atoms with E-state index in [0.717, 1.165) is 17.0 Å². The Morgan fingerprint density at radius 1 is 1.27 bits per heavy atom. The Morgan fingerprint density at radius 2 is 2.07 bits per heavy atom. The first kappa shape index (κ1) is 20.3. The van der Waals surface area contributed by atoms with Gasteiger partial charge < -0.3 is 4.90 Å². The number of alkyl halides is 3. The van der Waals surface area contributed by atoms with Gasteiger partial charge in [-0.15, -0.1) is 0 Å². The van der Waals surface area contributed by atoms with Crippen molar-refractivity contribution in [3.05, 3.63) is 59.3 Å². The minimum Gasteiger partial charge on any atom is -0.334 e. The Bertz CT molecular complexity index is 1060. The van der Waals surface area contributed by atoms with E-state index < -0.39 is 11.9 Å². The number of hydrogen-bond acceptors (Lipinski definition) is 4. The maximum absolute atomic E-state index is 13.6. The molecule has 0 aromatic carbocycles. The van der Waals surface area contributed by atoms with Gasteiger partial charge in [-0.1, -0.05) is 19.9 Å². The maximum atomic E-state index is 13.6. The second-order valence-electron chi connectivity index (χ2n) is 7.80. The number of amides is 1. The largest absolute Gasteiger partial charge is 0.433 e. The molecule has 4 heterocycles. The quantitative estimate of drug-likeness (QED) is 0.639. The topological polar surface area (TPSA) is 63.4 Å². The molecule has 0 radical (unpaired) electrons. The summed E-state index contributed by atoms with van der Waals surface area (Å²) >= 11 is 0. The summed E-state index contributed by atoms with van der Waals surface area (Å²) in [5.41, 5.74) is 0.738. The molecule has 3 aromatic heterocycles. The molecule has 158 valence electrons. The van der Waals surface area contributed by atoms with Gasteiger partial charge in [0, 0.05) is 30.2 Å². The second kappa shape index (κ2) is 7.70. The van der Waals surface area contributed by atoms with Gasteiger partial charge in [-0.3, -0.25) is 9.78 Å². The fraction of sp³-hybridized carbons (Fsp3) is 0.429. The summed E-state index contributed by atoms with van der Waals surface area (Å²) in [6.45, 7) is 4.14. The molecule has 0 bridgehead atoms. The van der Waals surface area contributed by atoms with Crippen molar-refractivity contribution in [2.45, 2.75) is 51.2 Å². The van der Waals surface area contributed by atoms with Crippen LogP contribution in [0.2, 0.25) is 0 Å². The molecule has 1 saturated heterocycles. The van der Waals surface area contributed by atoms with Gasteiger partial charge in [0.25, 0.3) is 0 Å². The first-order valence-corrected chi connectivity index (χ1v) is 9.91. The van der Waals surface area contributed by atoms with Crippen LogP contribution < -0.4 is 0 Å². The van der Waals surface area contributed by atoms with Gasteiger partial charge in [0.2, 0.25) is 5.91 Å². The fourth-order valence-corrected chi connectivity index (χ4v) is 3.80. The van der Waals surface area contributed by atoms with Crippen LogP contribution in [-0.4, -0.2) is 36.9 Å². The van der Waals surface area contributed by atoms with Crippen LogP contribution in [0.15, 0.2) is 36.5 Å². The highest BCUT2D eigenvalue weighted by atomic mass is 19.4. The Morgan fingerprint density at radius 3 is 2.73 bits per heavy atom. The zero-order valence-electron chi connectivity index (χ0n) is 16.7. The minimum atomic E-state index is -4.56. The number of carbonyl (C=O) groups excluding carboxylic acids is 1. The first-order valence-electron chi connectivity index (χ1n) is 9.91. The van der Waals surface area contributed by atoms with Crippen molar-refractivity contribution in [2.75, 3.05) is 6.54 Å². The third kappa shape index (κ3) is 3.88. The van der Waals surface area contributed by atoms with Crippen molar-refractivity contribution in [1.82, 2.24) is 24.5 Å². The molecule has 0 aliphatic carbocycles. The number of pyridine rings is 1. The molecule has 6 nitrogen and oxygen atoms in total. The van der Waals surface area contributed by atoms with Crippen molar-refractivity contribution < 1.29 is 18.0 Å². The van der Waals surface area contributed by atoms with Crippen LogP contribution in [0.25, 0.3) is 5.65 Å². The number of nitrogens with zero attached hydrogens (tertiary/aromatic N) is 5. The molecule has 1 fully saturated rings. The van der Waals surface area contributed by atoms with Gasteiger partial charge >= 0.3 is 6.18 Å². The van der Waals surface area contributed by atoms with Crippen molar-refractivity contribution in [2.24, 2.45) is 0 Å². The normalized spacial score (nSPS) is 17.3. The lowest BCUT2D eigenvalue weighted by molar-refractivity contribution is -0.142. The average molecular weight is 417 g/mol. The lowest BCUT2D eigenvalue weighted by Crippen LogP contribution is -2.32. The van der Waals surface area contributed by atoms with Crippen LogP contribution in [0.5, 0.6) is 0 Å². The van der Waals surface area contributed by atoms with Gasteiger partial charge in [0.15, 0.2) is 5.65 Å². The van der Waals surface area contributed by atoms with Crippen molar-refractivity contribution >= 4 is 11.6 Å². The van der Waals surface area contributed by atoms with Gasteiger partial charge in [-0.05, 0) is 37.0 Å². The van der Waals surface area contributed by atoms with E-state index in [9.17, 15) is 18.0 Å². The number of hydrogen-bond donors (Lipinski definition) is 0. The van der Waals surface area contributed by atoms with Crippen LogP contribution in [-0.2, 0) is 17.4 Å². The van der Waals surface area contributed by atoms with Crippen LogP contribution in [0.4, 0.5) is 13.2 Å². The summed E-state index contributed by atoms with van der Waals surface area (Å²) in [4.78, 5) is 23.1. The Kier molecular flexibility index (Phi) is 5.21. The fourth-order valence-electron chi connectivity index (χ4n) is 3.80. The molecule has 30 heavy (non-hydrogen) atoms. The monoisotopic (exact) mass is 417 g/mol. The second-order valence-corrected chi connectivity index (χ2v) is 7.80. The predicted octanol–water partition coefficient (Wildman–Crippen LogP) is 4.17. The molecule has 1 aliphatic rings. The van der Waals surface area contributed by atoms with E-state index in [4.69, 9.17) is 0 Å². The first-order chi connectivity index (χ1) is 14.2. The SMILES string of the molecule is CC(C)c1cc(C(F)(F)F)n2nc(C3CCCN3C(=O)Cc3ccccn3)cc2n1. The number of carbonyl (C=O) groups is 1. The summed E-state index contributed by atoms with van der Waals surface area (Å²) in [5.74, 6) is -0.266. The molecule has 4 rings (SSSR count). The highest BCUT2D eigenvalue weighted by molar-refractivity contribution is 5.79. The third-order valence-corrected chi connectivity index (χ3v) is 5.32. The van der Waals surface area contributed by atoms with Gasteiger partial charge in [-0.2, -0.15) is 18.3 Å². The highest BCUT2D eigenvalue weighted by Crippen LogP contribution is 2.35. The van der Waals surface area contributed by atoms with Crippen molar-refractivity contribution in [1.29, 1.82) is 0 Å². The summed E-state index contributed by atoms with van der Waals surface area (Å²) in [6.07, 6.45) is -1.37. The van der Waals surface area contributed by atoms with Crippen molar-refractivity contribution in [3.8, 4) is 0 Å². The smallest absolute Gasteiger partial charge is 0.334 e. The number of fused-ring (bicyclic) bond motifs is 1. The Hall–Kier alpha value is -2.97. The average Bonchev–Trinajstić information content (AvgIpc) is 3.33. The molecule has 1 atom stereocenters. The molecule has 0 spiro atoms. The molecule has 9 heteroatoms. The van der Waals surface area contributed by atoms with Crippen LogP contribution in [0, 0.1) is 0 Å². The maximum Gasteiger partial charge on any atom is 0.433 e.